The van der Waals surface area contributed by atoms with Gasteiger partial charge in [-0.1, -0.05) is 277 Å². The topological polar surface area (TPSA) is 111 Å². The van der Waals surface area contributed by atoms with Gasteiger partial charge in [0.1, 0.15) is 13.2 Å². The van der Waals surface area contributed by atoms with Crippen LogP contribution >= 0.6 is 0 Å². The number of carbonyl (C=O) groups is 3. The van der Waals surface area contributed by atoms with Gasteiger partial charge in [-0.05, 0) is 103 Å². The summed E-state index contributed by atoms with van der Waals surface area (Å²) in [4.78, 5) is 37.4. The van der Waals surface area contributed by atoms with Crippen LogP contribution in [0.15, 0.2) is 109 Å². The van der Waals surface area contributed by atoms with E-state index < -0.39 is 24.3 Å². The molecule has 0 aromatic heterocycles. The number of allylic oxidation sites excluding steroid dienone is 18. The summed E-state index contributed by atoms with van der Waals surface area (Å²) >= 11 is 0. The molecule has 0 spiro atoms. The van der Waals surface area contributed by atoms with Crippen molar-refractivity contribution in [3.63, 3.8) is 0 Å². The predicted octanol–water partition coefficient (Wildman–Crippen LogP) is 19.7. The highest BCUT2D eigenvalue weighted by atomic mass is 16.7. The molecule has 0 amide bonds. The second kappa shape index (κ2) is 64.0. The number of aliphatic carboxylic acids is 1. The van der Waals surface area contributed by atoms with Crippen LogP contribution in [0.25, 0.3) is 0 Å². The Bertz CT molecular complexity index is 1730. The molecule has 9 heteroatoms. The molecule has 0 aliphatic carbocycles. The van der Waals surface area contributed by atoms with Crippen LogP contribution in [0.4, 0.5) is 0 Å². The van der Waals surface area contributed by atoms with Crippen molar-refractivity contribution in [1.82, 2.24) is 0 Å². The average molecular weight is 1160 g/mol. The van der Waals surface area contributed by atoms with Crippen LogP contribution in [0, 0.1) is 0 Å². The van der Waals surface area contributed by atoms with Crippen molar-refractivity contribution in [2.75, 3.05) is 47.5 Å². The van der Waals surface area contributed by atoms with E-state index in [1.54, 1.807) is 0 Å². The number of esters is 2. The van der Waals surface area contributed by atoms with Crippen LogP contribution in [0.2, 0.25) is 0 Å². The summed E-state index contributed by atoms with van der Waals surface area (Å²) < 4.78 is 22.8. The van der Waals surface area contributed by atoms with Crippen LogP contribution in [0.5, 0.6) is 0 Å². The van der Waals surface area contributed by atoms with E-state index in [0.29, 0.717) is 17.4 Å². The maximum Gasteiger partial charge on any atom is 0.306 e. The van der Waals surface area contributed by atoms with Crippen LogP contribution in [0.1, 0.15) is 284 Å². The van der Waals surface area contributed by atoms with Gasteiger partial charge in [-0.3, -0.25) is 9.59 Å². The lowest BCUT2D eigenvalue weighted by molar-refractivity contribution is -0.870. The first-order valence-electron chi connectivity index (χ1n) is 34.0. The van der Waals surface area contributed by atoms with E-state index in [1.807, 2.05) is 21.1 Å². The van der Waals surface area contributed by atoms with Crippen LogP contribution in [0.3, 0.4) is 0 Å². The Morgan fingerprint density at radius 3 is 1.02 bits per heavy atom. The largest absolute Gasteiger partial charge is 0.545 e. The molecule has 83 heavy (non-hydrogen) atoms. The van der Waals surface area contributed by atoms with E-state index in [-0.39, 0.29) is 38.6 Å². The molecule has 0 radical (unpaired) electrons. The zero-order valence-electron chi connectivity index (χ0n) is 54.3. The Balaban J connectivity index is 4.11. The lowest BCUT2D eigenvalue weighted by atomic mass is 10.0. The van der Waals surface area contributed by atoms with Crippen molar-refractivity contribution in [2.45, 2.75) is 296 Å². The number of carboxylic acids is 1. The Labute approximate surface area is 511 Å². The number of hydrogen-bond donors (Lipinski definition) is 0. The Morgan fingerprint density at radius 1 is 0.373 bits per heavy atom. The van der Waals surface area contributed by atoms with Crippen molar-refractivity contribution in [3.05, 3.63) is 109 Å². The summed E-state index contributed by atoms with van der Waals surface area (Å²) in [6, 6.07) is 0. The van der Waals surface area contributed by atoms with Gasteiger partial charge in [0.25, 0.3) is 0 Å². The summed E-state index contributed by atoms with van der Waals surface area (Å²) in [5.41, 5.74) is 0. The minimum absolute atomic E-state index is 0.144. The fourth-order valence-electron chi connectivity index (χ4n) is 9.31. The number of nitrogens with zero attached hydrogens (tertiary/aromatic N) is 1. The van der Waals surface area contributed by atoms with Gasteiger partial charge in [-0.15, -0.1) is 0 Å². The van der Waals surface area contributed by atoms with Gasteiger partial charge in [-0.2, -0.15) is 0 Å². The van der Waals surface area contributed by atoms with Gasteiger partial charge in [-0.25, -0.2) is 0 Å². The number of ether oxygens (including phenoxy) is 4. The van der Waals surface area contributed by atoms with Gasteiger partial charge in [0.15, 0.2) is 12.4 Å². The molecular weight excluding hydrogens is 1030 g/mol. The second-order valence-electron chi connectivity index (χ2n) is 23.7. The third-order valence-corrected chi connectivity index (χ3v) is 14.5. The lowest BCUT2D eigenvalue weighted by Gasteiger charge is -2.26. The molecule has 9 nitrogen and oxygen atoms in total. The molecule has 2 atom stereocenters. The number of hydrogen-bond acceptors (Lipinski definition) is 8. The van der Waals surface area contributed by atoms with Gasteiger partial charge >= 0.3 is 11.9 Å². The fraction of sp³-hybridized carbons (Fsp3) is 0.716. The van der Waals surface area contributed by atoms with E-state index in [4.69, 9.17) is 18.9 Å². The highest BCUT2D eigenvalue weighted by Crippen LogP contribution is 2.17. The van der Waals surface area contributed by atoms with Gasteiger partial charge < -0.3 is 33.3 Å². The molecule has 0 aliphatic rings. The molecule has 0 aromatic rings. The van der Waals surface area contributed by atoms with Crippen LogP contribution in [-0.2, 0) is 33.3 Å². The third-order valence-electron chi connectivity index (χ3n) is 14.5. The van der Waals surface area contributed by atoms with E-state index in [0.717, 1.165) is 89.9 Å². The molecule has 0 rings (SSSR count). The molecule has 476 valence electrons. The van der Waals surface area contributed by atoms with Crippen molar-refractivity contribution < 1.29 is 42.9 Å². The fourth-order valence-corrected chi connectivity index (χ4v) is 9.31. The number of carbonyl (C=O) groups excluding carboxylic acids is 3. The molecule has 0 N–H and O–H groups in total. The molecule has 0 aliphatic heterocycles. The number of likely N-dealkylation sites (N-methyl/N-ethyl adjacent to an activating group) is 1. The smallest absolute Gasteiger partial charge is 0.306 e. The van der Waals surface area contributed by atoms with Crippen molar-refractivity contribution in [1.29, 1.82) is 0 Å². The third kappa shape index (κ3) is 65.3. The zero-order valence-corrected chi connectivity index (χ0v) is 54.3. The standard InChI is InChI=1S/C74H127NO8/c1-6-8-10-12-14-16-18-20-22-24-26-28-29-30-31-32-33-34-35-36-37-38-39-40-41-42-43-45-47-49-51-53-55-57-59-61-63-65-72(77)83-70(69-82-74(73(78)79)80-67-66-75(3,4)5)68-81-71(76)64-62-60-58-56-54-52-50-48-46-44-27-25-23-21-19-17-15-13-11-9-7-2/h8,10,14,16,19-22,25-28,30-31,33-34,36-37,70,74H,6-7,9,11-13,15,17-18,23-24,29,32,35,38-69H2,1-5H3/b10-8-,16-14-,21-19-,22-20-,27-25-,28-26-,31-30-,34-33-,37-36-. The Kier molecular flexibility index (Phi) is 60.8. The summed E-state index contributed by atoms with van der Waals surface area (Å²) in [6.07, 6.45) is 85.9. The summed E-state index contributed by atoms with van der Waals surface area (Å²) in [6.45, 7) is 4.63. The first kappa shape index (κ1) is 79.0. The van der Waals surface area contributed by atoms with E-state index in [9.17, 15) is 19.5 Å². The zero-order chi connectivity index (χ0) is 60.5. The molecule has 0 fully saturated rings. The SMILES string of the molecule is CC/C=C\C/C=C\C/C=C\C/C=C\C/C=C\C/C=C\C/C=C\CCCCCCCCCCCCCCCCCC(=O)OC(COC(=O)CCCCCCCCCCC/C=C\C/C=C\CCCCCCC)COC(OCC[N+](C)(C)C)C(=O)[O-]. The van der Waals surface area contributed by atoms with E-state index >= 15 is 0 Å². The quantitative estimate of drug-likeness (QED) is 0.0195. The van der Waals surface area contributed by atoms with Gasteiger partial charge in [0.05, 0.1) is 40.3 Å². The van der Waals surface area contributed by atoms with Crippen LogP contribution in [-0.4, -0.2) is 82.3 Å². The number of carboxylic acid groups (broad SMARTS) is 1. The first-order valence-corrected chi connectivity index (χ1v) is 34.0. The average Bonchev–Trinajstić information content (AvgIpc) is 3.46. The highest BCUT2D eigenvalue weighted by molar-refractivity contribution is 5.70. The minimum Gasteiger partial charge on any atom is -0.545 e. The van der Waals surface area contributed by atoms with Crippen molar-refractivity contribution in [3.8, 4) is 0 Å². The number of quaternary nitrogens is 1. The maximum atomic E-state index is 12.9. The highest BCUT2D eigenvalue weighted by Gasteiger charge is 2.22. The molecule has 0 saturated heterocycles. The molecule has 0 heterocycles. The molecule has 0 bridgehead atoms. The minimum atomic E-state index is -1.63. The molecule has 0 saturated carbocycles. The molecule has 0 aromatic carbocycles. The van der Waals surface area contributed by atoms with Crippen molar-refractivity contribution >= 4 is 17.9 Å². The van der Waals surface area contributed by atoms with Gasteiger partial charge in [0, 0.05) is 12.8 Å². The normalized spacial score (nSPS) is 13.4. The predicted molar refractivity (Wildman–Crippen MR) is 352 cm³/mol. The van der Waals surface area contributed by atoms with Gasteiger partial charge in [0.2, 0.25) is 0 Å². The lowest BCUT2D eigenvalue weighted by Crippen LogP contribution is -2.44. The monoisotopic (exact) mass is 1160 g/mol. The second-order valence-corrected chi connectivity index (χ2v) is 23.7. The van der Waals surface area contributed by atoms with E-state index in [1.165, 1.54) is 161 Å². The molecule has 2 unspecified atom stereocenters. The van der Waals surface area contributed by atoms with E-state index in [2.05, 4.69) is 123 Å². The first-order chi connectivity index (χ1) is 40.6. The Morgan fingerprint density at radius 2 is 0.687 bits per heavy atom. The van der Waals surface area contributed by atoms with Crippen LogP contribution < -0.4 is 5.11 Å². The number of unbranched alkanes of at least 4 members (excludes halogenated alkanes) is 29. The maximum absolute atomic E-state index is 12.9. The summed E-state index contributed by atoms with van der Waals surface area (Å²) in [5.74, 6) is -2.28. The summed E-state index contributed by atoms with van der Waals surface area (Å²) in [5, 5.41) is 11.8. The number of rotatable bonds is 62. The molecular formula is C74H127NO8. The Hall–Kier alpha value is -4.05. The summed E-state index contributed by atoms with van der Waals surface area (Å²) in [7, 11) is 5.93. The van der Waals surface area contributed by atoms with Crippen molar-refractivity contribution in [2.24, 2.45) is 0 Å².